The van der Waals surface area contributed by atoms with E-state index in [9.17, 15) is 13.2 Å². The van der Waals surface area contributed by atoms with Crippen molar-refractivity contribution < 1.29 is 13.2 Å². The van der Waals surface area contributed by atoms with Crippen LogP contribution in [0.3, 0.4) is 0 Å². The van der Waals surface area contributed by atoms with Gasteiger partial charge < -0.3 is 5.32 Å². The summed E-state index contributed by atoms with van der Waals surface area (Å²) in [5.41, 5.74) is 1.73. The highest BCUT2D eigenvalue weighted by atomic mass is 19.2. The van der Waals surface area contributed by atoms with Gasteiger partial charge in [0.2, 0.25) is 0 Å². The molecule has 0 aliphatic carbocycles. The maximum absolute atomic E-state index is 14.1. The lowest BCUT2D eigenvalue weighted by atomic mass is 10.1. The highest BCUT2D eigenvalue weighted by Crippen LogP contribution is 2.28. The molecule has 3 rings (SSSR count). The Kier molecular flexibility index (Phi) is 3.49. The molecule has 0 bridgehead atoms. The van der Waals surface area contributed by atoms with Crippen LogP contribution in [0.25, 0.3) is 5.69 Å². The van der Waals surface area contributed by atoms with E-state index in [2.05, 4.69) is 10.3 Å². The standard InChI is InChI=1S/C15H16F3N3/c1-8(2)15-20-12-7-19-4-3-13(12)21(15)14-6-10(17)9(16)5-11(14)18/h5-6,8,19H,3-4,7H2,1-2H3. The molecule has 1 N–H and O–H groups in total. The normalized spacial score (nSPS) is 14.6. The summed E-state index contributed by atoms with van der Waals surface area (Å²) < 4.78 is 42.5. The number of fused-ring (bicyclic) bond motifs is 1. The van der Waals surface area contributed by atoms with Crippen LogP contribution >= 0.6 is 0 Å². The molecule has 1 aliphatic heterocycles. The van der Waals surface area contributed by atoms with Crippen molar-refractivity contribution in [1.82, 2.24) is 14.9 Å². The molecule has 0 saturated heterocycles. The lowest BCUT2D eigenvalue weighted by Crippen LogP contribution is -2.25. The molecule has 0 saturated carbocycles. The summed E-state index contributed by atoms with van der Waals surface area (Å²) in [7, 11) is 0. The number of aromatic nitrogens is 2. The third kappa shape index (κ3) is 2.33. The van der Waals surface area contributed by atoms with Gasteiger partial charge in [0.05, 0.1) is 11.4 Å². The maximum Gasteiger partial charge on any atom is 0.161 e. The van der Waals surface area contributed by atoms with Gasteiger partial charge in [-0.3, -0.25) is 4.57 Å². The van der Waals surface area contributed by atoms with E-state index >= 15 is 0 Å². The van der Waals surface area contributed by atoms with Crippen molar-refractivity contribution in [3.63, 3.8) is 0 Å². The van der Waals surface area contributed by atoms with Crippen LogP contribution in [0.5, 0.6) is 0 Å². The van der Waals surface area contributed by atoms with E-state index in [0.29, 0.717) is 24.9 Å². The number of nitrogens with one attached hydrogen (secondary N) is 1. The number of imidazole rings is 1. The SMILES string of the molecule is CC(C)c1nc2c(n1-c1cc(F)c(F)cc1F)CCNC2. The molecular weight excluding hydrogens is 279 g/mol. The molecule has 21 heavy (non-hydrogen) atoms. The first-order chi connectivity index (χ1) is 9.99. The van der Waals surface area contributed by atoms with E-state index < -0.39 is 17.5 Å². The van der Waals surface area contributed by atoms with Crippen molar-refractivity contribution in [2.75, 3.05) is 6.54 Å². The van der Waals surface area contributed by atoms with E-state index in [1.807, 2.05) is 13.8 Å². The monoisotopic (exact) mass is 295 g/mol. The molecule has 1 aliphatic rings. The number of hydrogen-bond donors (Lipinski definition) is 1. The summed E-state index contributed by atoms with van der Waals surface area (Å²) in [6, 6.07) is 1.49. The third-order valence-electron chi connectivity index (χ3n) is 3.66. The summed E-state index contributed by atoms with van der Waals surface area (Å²) in [5, 5.41) is 3.20. The molecule has 0 fully saturated rings. The second kappa shape index (κ2) is 5.18. The van der Waals surface area contributed by atoms with Gasteiger partial charge in [-0.2, -0.15) is 0 Å². The minimum atomic E-state index is -1.18. The number of rotatable bonds is 2. The van der Waals surface area contributed by atoms with Crippen LogP contribution in [0, 0.1) is 17.5 Å². The Hall–Kier alpha value is -1.82. The van der Waals surface area contributed by atoms with Crippen molar-refractivity contribution in [1.29, 1.82) is 0 Å². The second-order valence-corrected chi connectivity index (χ2v) is 5.50. The Bertz CT molecular complexity index is 692. The molecule has 1 aromatic carbocycles. The average molecular weight is 295 g/mol. The van der Waals surface area contributed by atoms with Crippen LogP contribution in [-0.4, -0.2) is 16.1 Å². The van der Waals surface area contributed by atoms with E-state index in [4.69, 9.17) is 0 Å². The van der Waals surface area contributed by atoms with Gasteiger partial charge in [-0.1, -0.05) is 13.8 Å². The van der Waals surface area contributed by atoms with Gasteiger partial charge in [-0.25, -0.2) is 18.2 Å². The largest absolute Gasteiger partial charge is 0.311 e. The Morgan fingerprint density at radius 2 is 1.86 bits per heavy atom. The Balaban J connectivity index is 2.26. The van der Waals surface area contributed by atoms with Crippen LogP contribution in [0.4, 0.5) is 13.2 Å². The second-order valence-electron chi connectivity index (χ2n) is 5.50. The van der Waals surface area contributed by atoms with E-state index in [1.165, 1.54) is 0 Å². The van der Waals surface area contributed by atoms with E-state index in [1.54, 1.807) is 4.57 Å². The summed E-state index contributed by atoms with van der Waals surface area (Å²) in [6.07, 6.45) is 0.674. The van der Waals surface area contributed by atoms with Gasteiger partial charge in [0, 0.05) is 43.3 Å². The van der Waals surface area contributed by atoms with Crippen LogP contribution < -0.4 is 5.32 Å². The van der Waals surface area contributed by atoms with Gasteiger partial charge in [-0.05, 0) is 0 Å². The van der Waals surface area contributed by atoms with Gasteiger partial charge in [0.1, 0.15) is 11.6 Å². The number of nitrogens with zero attached hydrogens (tertiary/aromatic N) is 2. The predicted molar refractivity (Wildman–Crippen MR) is 72.9 cm³/mol. The minimum Gasteiger partial charge on any atom is -0.311 e. The van der Waals surface area contributed by atoms with Gasteiger partial charge >= 0.3 is 0 Å². The molecule has 1 aromatic heterocycles. The minimum absolute atomic E-state index is 0.0215. The highest BCUT2D eigenvalue weighted by Gasteiger charge is 2.24. The van der Waals surface area contributed by atoms with Crippen molar-refractivity contribution in [3.05, 3.63) is 46.8 Å². The topological polar surface area (TPSA) is 29.9 Å². The number of hydrogen-bond acceptors (Lipinski definition) is 2. The lowest BCUT2D eigenvalue weighted by molar-refractivity contribution is 0.491. The molecule has 3 nitrogen and oxygen atoms in total. The smallest absolute Gasteiger partial charge is 0.161 e. The quantitative estimate of drug-likeness (QED) is 0.863. The van der Waals surface area contributed by atoms with Crippen LogP contribution in [0.15, 0.2) is 12.1 Å². The number of halogens is 3. The van der Waals surface area contributed by atoms with Gasteiger partial charge in [0.15, 0.2) is 11.6 Å². The molecule has 0 radical (unpaired) electrons. The summed E-state index contributed by atoms with van der Waals surface area (Å²) in [4.78, 5) is 4.54. The van der Waals surface area contributed by atoms with Crippen molar-refractivity contribution >= 4 is 0 Å². The van der Waals surface area contributed by atoms with Crippen molar-refractivity contribution in [2.24, 2.45) is 0 Å². The first-order valence-corrected chi connectivity index (χ1v) is 6.95. The molecular formula is C15H16F3N3. The Morgan fingerprint density at radius 3 is 2.57 bits per heavy atom. The highest BCUT2D eigenvalue weighted by molar-refractivity contribution is 5.41. The Labute approximate surface area is 120 Å². The maximum atomic E-state index is 14.1. The predicted octanol–water partition coefficient (Wildman–Crippen LogP) is 3.06. The molecule has 6 heteroatoms. The van der Waals surface area contributed by atoms with Crippen LogP contribution in [-0.2, 0) is 13.0 Å². The zero-order valence-electron chi connectivity index (χ0n) is 11.9. The van der Waals surface area contributed by atoms with Gasteiger partial charge in [0.25, 0.3) is 0 Å². The van der Waals surface area contributed by atoms with E-state index in [-0.39, 0.29) is 11.6 Å². The Morgan fingerprint density at radius 1 is 1.14 bits per heavy atom. The fourth-order valence-corrected chi connectivity index (χ4v) is 2.67. The molecule has 112 valence electrons. The summed E-state index contributed by atoms with van der Waals surface area (Å²) in [6.45, 7) is 5.24. The van der Waals surface area contributed by atoms with Crippen LogP contribution in [0.2, 0.25) is 0 Å². The summed E-state index contributed by atoms with van der Waals surface area (Å²) >= 11 is 0. The first-order valence-electron chi connectivity index (χ1n) is 6.95. The molecule has 0 atom stereocenters. The molecule has 0 amide bonds. The van der Waals surface area contributed by atoms with Crippen molar-refractivity contribution in [3.8, 4) is 5.69 Å². The molecule has 0 spiro atoms. The summed E-state index contributed by atoms with van der Waals surface area (Å²) in [5.74, 6) is -2.32. The molecule has 2 heterocycles. The van der Waals surface area contributed by atoms with Crippen LogP contribution in [0.1, 0.15) is 37.0 Å². The zero-order chi connectivity index (χ0) is 15.1. The molecule has 0 unspecified atom stereocenters. The van der Waals surface area contributed by atoms with Crippen molar-refractivity contribution in [2.45, 2.75) is 32.7 Å². The number of benzene rings is 1. The fourth-order valence-electron chi connectivity index (χ4n) is 2.67. The van der Waals surface area contributed by atoms with E-state index in [0.717, 1.165) is 24.0 Å². The average Bonchev–Trinajstić information content (AvgIpc) is 2.82. The third-order valence-corrected chi connectivity index (χ3v) is 3.66. The first kappa shape index (κ1) is 14.1. The lowest BCUT2D eigenvalue weighted by Gasteiger charge is -2.18. The van der Waals surface area contributed by atoms with Gasteiger partial charge in [-0.15, -0.1) is 0 Å². The molecule has 2 aromatic rings. The fraction of sp³-hybridized carbons (Fsp3) is 0.400. The zero-order valence-corrected chi connectivity index (χ0v) is 11.9.